The van der Waals surface area contributed by atoms with Crippen LogP contribution in [0.2, 0.25) is 0 Å². The van der Waals surface area contributed by atoms with Crippen LogP contribution in [0.15, 0.2) is 12.4 Å². The maximum absolute atomic E-state index is 4.09. The lowest BCUT2D eigenvalue weighted by Crippen LogP contribution is -2.03. The van der Waals surface area contributed by atoms with Crippen LogP contribution < -0.4 is 0 Å². The normalized spacial score (nSPS) is 12.9. The number of aryl methyl sites for hydroxylation is 1. The van der Waals surface area contributed by atoms with Crippen LogP contribution in [0.4, 0.5) is 0 Å². The molecule has 3 nitrogen and oxygen atoms in total. The van der Waals surface area contributed by atoms with E-state index in [0.717, 1.165) is 12.5 Å². The molecule has 1 rings (SSSR count). The first-order chi connectivity index (χ1) is 7.33. The summed E-state index contributed by atoms with van der Waals surface area (Å²) >= 11 is 0. The summed E-state index contributed by atoms with van der Waals surface area (Å²) in [6.07, 6.45) is 11.4. The third kappa shape index (κ3) is 5.55. The van der Waals surface area contributed by atoms with Crippen molar-refractivity contribution in [1.29, 1.82) is 0 Å². The van der Waals surface area contributed by atoms with Gasteiger partial charge < -0.3 is 0 Å². The summed E-state index contributed by atoms with van der Waals surface area (Å²) in [5, 5.41) is 8.18. The molecule has 0 aliphatic rings. The molecule has 1 unspecified atom stereocenters. The van der Waals surface area contributed by atoms with E-state index in [0.29, 0.717) is 0 Å². The van der Waals surface area contributed by atoms with Gasteiger partial charge in [-0.3, -0.25) is 0 Å². The Hall–Kier alpha value is -0.860. The van der Waals surface area contributed by atoms with E-state index in [1.54, 1.807) is 17.2 Å². The van der Waals surface area contributed by atoms with Crippen LogP contribution in [0.25, 0.3) is 0 Å². The molecular weight excluding hydrogens is 186 g/mol. The van der Waals surface area contributed by atoms with Crippen molar-refractivity contribution in [3.05, 3.63) is 12.4 Å². The Labute approximate surface area is 92.9 Å². The number of hydrogen-bond acceptors (Lipinski definition) is 2. The summed E-state index contributed by atoms with van der Waals surface area (Å²) in [5.41, 5.74) is 0. The van der Waals surface area contributed by atoms with Gasteiger partial charge in [0.1, 0.15) is 0 Å². The predicted octanol–water partition coefficient (Wildman–Crippen LogP) is 3.27. The largest absolute Gasteiger partial charge is 0.185 e. The zero-order valence-electron chi connectivity index (χ0n) is 10.0. The first-order valence-corrected chi connectivity index (χ1v) is 6.17. The Kier molecular flexibility index (Phi) is 6.05. The zero-order chi connectivity index (χ0) is 10.9. The van der Waals surface area contributed by atoms with Gasteiger partial charge in [0.05, 0.1) is 18.9 Å². The quantitative estimate of drug-likeness (QED) is 0.615. The lowest BCUT2D eigenvalue weighted by molar-refractivity contribution is 0.422. The van der Waals surface area contributed by atoms with Crippen LogP contribution in [-0.4, -0.2) is 15.0 Å². The highest BCUT2D eigenvalue weighted by Gasteiger charge is 2.01. The maximum atomic E-state index is 4.09. The molecule has 1 aromatic rings. The Morgan fingerprint density at radius 2 is 1.73 bits per heavy atom. The van der Waals surface area contributed by atoms with E-state index < -0.39 is 0 Å². The summed E-state index contributed by atoms with van der Waals surface area (Å²) in [4.78, 5) is 1.77. The van der Waals surface area contributed by atoms with Gasteiger partial charge in [0, 0.05) is 0 Å². The van der Waals surface area contributed by atoms with Crippen molar-refractivity contribution in [3.8, 4) is 0 Å². The third-order valence-corrected chi connectivity index (χ3v) is 2.82. The molecule has 1 heterocycles. The highest BCUT2D eigenvalue weighted by molar-refractivity contribution is 4.60. The standard InChI is InChI=1S/C12H23N3/c1-3-4-7-12(2)8-5-6-11-15-13-9-10-14-15/h9-10,12H,3-8,11H2,1-2H3. The fraction of sp³-hybridized carbons (Fsp3) is 0.833. The van der Waals surface area contributed by atoms with Gasteiger partial charge in [0.25, 0.3) is 0 Å². The van der Waals surface area contributed by atoms with Crippen molar-refractivity contribution in [2.45, 2.75) is 58.9 Å². The molecule has 0 aliphatic heterocycles. The second kappa shape index (κ2) is 7.43. The number of hydrogen-bond donors (Lipinski definition) is 0. The minimum Gasteiger partial charge on any atom is -0.185 e. The van der Waals surface area contributed by atoms with Gasteiger partial charge in [0.15, 0.2) is 0 Å². The lowest BCUT2D eigenvalue weighted by atomic mass is 9.98. The Morgan fingerprint density at radius 1 is 1.07 bits per heavy atom. The van der Waals surface area contributed by atoms with E-state index in [1.165, 1.54) is 38.5 Å². The molecule has 1 aromatic heterocycles. The minimum atomic E-state index is 0.885. The molecule has 0 spiro atoms. The van der Waals surface area contributed by atoms with Crippen LogP contribution in [0.5, 0.6) is 0 Å². The highest BCUT2D eigenvalue weighted by Crippen LogP contribution is 2.14. The maximum Gasteiger partial charge on any atom is 0.0693 e. The van der Waals surface area contributed by atoms with Gasteiger partial charge in [-0.15, -0.1) is 0 Å². The second-order valence-electron chi connectivity index (χ2n) is 4.37. The van der Waals surface area contributed by atoms with E-state index in [1.807, 2.05) is 0 Å². The smallest absolute Gasteiger partial charge is 0.0693 e. The van der Waals surface area contributed by atoms with Crippen LogP contribution in [0, 0.1) is 5.92 Å². The minimum absolute atomic E-state index is 0.885. The average Bonchev–Trinajstić information content (AvgIpc) is 2.74. The van der Waals surface area contributed by atoms with E-state index >= 15 is 0 Å². The number of unbranched alkanes of at least 4 members (excludes halogenated alkanes) is 2. The van der Waals surface area contributed by atoms with Crippen LogP contribution in [0.3, 0.4) is 0 Å². The number of aromatic nitrogens is 3. The van der Waals surface area contributed by atoms with Crippen molar-refractivity contribution in [2.75, 3.05) is 0 Å². The van der Waals surface area contributed by atoms with E-state index in [4.69, 9.17) is 0 Å². The predicted molar refractivity (Wildman–Crippen MR) is 62.6 cm³/mol. The Morgan fingerprint density at radius 3 is 2.40 bits per heavy atom. The number of nitrogens with zero attached hydrogens (tertiary/aromatic N) is 3. The highest BCUT2D eigenvalue weighted by atomic mass is 15.5. The van der Waals surface area contributed by atoms with Gasteiger partial charge in [-0.25, -0.2) is 0 Å². The van der Waals surface area contributed by atoms with E-state index in [2.05, 4.69) is 24.0 Å². The molecule has 0 N–H and O–H groups in total. The molecule has 0 saturated heterocycles. The molecule has 0 fully saturated rings. The van der Waals surface area contributed by atoms with Crippen molar-refractivity contribution in [3.63, 3.8) is 0 Å². The first kappa shape index (κ1) is 12.2. The Balaban J connectivity index is 1.97. The molecule has 3 heteroatoms. The van der Waals surface area contributed by atoms with E-state index in [9.17, 15) is 0 Å². The van der Waals surface area contributed by atoms with Crippen molar-refractivity contribution >= 4 is 0 Å². The molecule has 0 amide bonds. The van der Waals surface area contributed by atoms with Crippen molar-refractivity contribution in [1.82, 2.24) is 15.0 Å². The molecule has 86 valence electrons. The Bertz CT molecular complexity index is 231. The zero-order valence-corrected chi connectivity index (χ0v) is 10.0. The third-order valence-electron chi connectivity index (χ3n) is 2.82. The molecule has 15 heavy (non-hydrogen) atoms. The topological polar surface area (TPSA) is 30.7 Å². The van der Waals surface area contributed by atoms with Crippen molar-refractivity contribution < 1.29 is 0 Å². The molecule has 0 saturated carbocycles. The van der Waals surface area contributed by atoms with Crippen LogP contribution in [-0.2, 0) is 6.54 Å². The summed E-state index contributed by atoms with van der Waals surface area (Å²) < 4.78 is 0. The van der Waals surface area contributed by atoms with Gasteiger partial charge in [-0.05, 0) is 12.3 Å². The van der Waals surface area contributed by atoms with Gasteiger partial charge in [-0.1, -0.05) is 46.0 Å². The molecular formula is C12H23N3. The molecule has 0 bridgehead atoms. The molecule has 0 radical (unpaired) electrons. The molecule has 1 atom stereocenters. The second-order valence-corrected chi connectivity index (χ2v) is 4.37. The molecule has 0 aromatic carbocycles. The van der Waals surface area contributed by atoms with Crippen molar-refractivity contribution in [2.24, 2.45) is 5.92 Å². The van der Waals surface area contributed by atoms with Crippen LogP contribution in [0.1, 0.15) is 52.4 Å². The number of rotatable bonds is 8. The molecule has 0 aliphatic carbocycles. The average molecular weight is 209 g/mol. The summed E-state index contributed by atoms with van der Waals surface area (Å²) in [5.74, 6) is 0.885. The summed E-state index contributed by atoms with van der Waals surface area (Å²) in [6, 6.07) is 0. The summed E-state index contributed by atoms with van der Waals surface area (Å²) in [6.45, 7) is 5.59. The fourth-order valence-electron chi connectivity index (χ4n) is 1.80. The van der Waals surface area contributed by atoms with Gasteiger partial charge in [0.2, 0.25) is 0 Å². The van der Waals surface area contributed by atoms with E-state index in [-0.39, 0.29) is 0 Å². The monoisotopic (exact) mass is 209 g/mol. The van der Waals surface area contributed by atoms with Gasteiger partial charge in [-0.2, -0.15) is 15.0 Å². The summed E-state index contributed by atoms with van der Waals surface area (Å²) in [7, 11) is 0. The lowest BCUT2D eigenvalue weighted by Gasteiger charge is -2.09. The fourth-order valence-corrected chi connectivity index (χ4v) is 1.80. The van der Waals surface area contributed by atoms with Gasteiger partial charge >= 0.3 is 0 Å². The first-order valence-electron chi connectivity index (χ1n) is 6.17. The SMILES string of the molecule is CCCCC(C)CCCCn1nccn1. The van der Waals surface area contributed by atoms with Crippen LogP contribution >= 0.6 is 0 Å².